The molecule has 0 fully saturated rings. The second kappa shape index (κ2) is 6.67. The van der Waals surface area contributed by atoms with Gasteiger partial charge in [-0.3, -0.25) is 4.79 Å². The fourth-order valence-electron chi connectivity index (χ4n) is 2.30. The summed E-state index contributed by atoms with van der Waals surface area (Å²) >= 11 is 12.2. The maximum absolute atomic E-state index is 12.5. The van der Waals surface area contributed by atoms with Crippen LogP contribution in [-0.2, 0) is 13.6 Å². The van der Waals surface area contributed by atoms with Crippen LogP contribution in [0.25, 0.3) is 5.69 Å². The molecule has 6 nitrogen and oxygen atoms in total. The lowest BCUT2D eigenvalue weighted by Gasteiger charge is -2.20. The Kier molecular flexibility index (Phi) is 4.59. The third kappa shape index (κ3) is 3.16. The van der Waals surface area contributed by atoms with Gasteiger partial charge in [0.2, 0.25) is 0 Å². The minimum atomic E-state index is -0.386. The van der Waals surface area contributed by atoms with Crippen molar-refractivity contribution >= 4 is 28.9 Å². The Labute approximate surface area is 148 Å². The molecule has 0 aliphatic rings. The Morgan fingerprint density at radius 2 is 1.92 bits per heavy atom. The zero-order valence-corrected chi connectivity index (χ0v) is 14.7. The van der Waals surface area contributed by atoms with Gasteiger partial charge in [-0.15, -0.1) is 0 Å². The molecular weight excluding hydrogens is 349 g/mol. The lowest BCUT2D eigenvalue weighted by atomic mass is 10.3. The van der Waals surface area contributed by atoms with Crippen LogP contribution in [0, 0.1) is 0 Å². The van der Waals surface area contributed by atoms with Crippen molar-refractivity contribution in [3.63, 3.8) is 0 Å². The number of benzene rings is 1. The maximum atomic E-state index is 12.5. The first kappa shape index (κ1) is 16.5. The number of aryl methyl sites for hydroxylation is 1. The Bertz CT molecular complexity index is 917. The van der Waals surface area contributed by atoms with Crippen LogP contribution in [0.4, 0.5) is 5.69 Å². The van der Waals surface area contributed by atoms with Crippen LogP contribution in [0.3, 0.4) is 0 Å². The van der Waals surface area contributed by atoms with E-state index in [4.69, 9.17) is 23.2 Å². The van der Waals surface area contributed by atoms with Gasteiger partial charge in [-0.2, -0.15) is 9.78 Å². The zero-order valence-electron chi connectivity index (χ0n) is 13.1. The second-order valence-corrected chi connectivity index (χ2v) is 6.16. The molecule has 0 unspecified atom stereocenters. The van der Waals surface area contributed by atoms with Crippen LogP contribution >= 0.6 is 23.2 Å². The van der Waals surface area contributed by atoms with Crippen molar-refractivity contribution in [2.75, 3.05) is 11.9 Å². The van der Waals surface area contributed by atoms with Crippen LogP contribution in [0.15, 0.2) is 47.7 Å². The molecule has 0 spiro atoms. The molecule has 2 aromatic heterocycles. The van der Waals surface area contributed by atoms with Crippen molar-refractivity contribution in [3.8, 4) is 5.69 Å². The normalized spacial score (nSPS) is 10.8. The highest BCUT2D eigenvalue weighted by Gasteiger charge is 2.15. The Hall–Kier alpha value is -2.31. The second-order valence-electron chi connectivity index (χ2n) is 5.35. The minimum absolute atomic E-state index is 0.108. The Balaban J connectivity index is 1.94. The molecule has 0 aliphatic carbocycles. The lowest BCUT2D eigenvalue weighted by molar-refractivity contribution is 0.749. The third-order valence-electron chi connectivity index (χ3n) is 3.68. The number of rotatable bonds is 4. The minimum Gasteiger partial charge on any atom is -0.364 e. The summed E-state index contributed by atoms with van der Waals surface area (Å²) in [4.78, 5) is 18.6. The molecule has 0 saturated heterocycles. The van der Waals surface area contributed by atoms with Gasteiger partial charge in [0.05, 0.1) is 24.1 Å². The molecule has 0 radical (unpaired) electrons. The largest absolute Gasteiger partial charge is 0.364 e. The number of anilines is 1. The number of aromatic nitrogens is 4. The first-order valence-corrected chi connectivity index (χ1v) is 7.94. The molecule has 0 aliphatic heterocycles. The predicted octanol–water partition coefficient (Wildman–Crippen LogP) is 2.91. The molecule has 0 bridgehead atoms. The van der Waals surface area contributed by atoms with Crippen molar-refractivity contribution in [2.24, 2.45) is 7.05 Å². The van der Waals surface area contributed by atoms with Crippen LogP contribution in [0.5, 0.6) is 0 Å². The van der Waals surface area contributed by atoms with Crippen molar-refractivity contribution in [1.29, 1.82) is 0 Å². The zero-order chi connectivity index (χ0) is 17.3. The van der Waals surface area contributed by atoms with E-state index < -0.39 is 0 Å². The Morgan fingerprint density at radius 3 is 2.54 bits per heavy atom. The fraction of sp³-hybridized carbons (Fsp3) is 0.188. The number of hydrogen-bond donors (Lipinski definition) is 0. The topological polar surface area (TPSA) is 56.0 Å². The molecule has 2 heterocycles. The predicted molar refractivity (Wildman–Crippen MR) is 95.2 cm³/mol. The van der Waals surface area contributed by atoms with Crippen LogP contribution < -0.4 is 10.5 Å². The Morgan fingerprint density at radius 1 is 1.21 bits per heavy atom. The molecule has 124 valence electrons. The van der Waals surface area contributed by atoms with Crippen LogP contribution in [-0.4, -0.2) is 26.4 Å². The van der Waals surface area contributed by atoms with Crippen molar-refractivity contribution in [3.05, 3.63) is 69.1 Å². The molecule has 0 atom stereocenters. The van der Waals surface area contributed by atoms with Gasteiger partial charge in [0.1, 0.15) is 10.8 Å². The third-order valence-corrected chi connectivity index (χ3v) is 4.29. The average molecular weight is 364 g/mol. The molecule has 3 aromatic rings. The molecule has 3 rings (SSSR count). The fourth-order valence-corrected chi connectivity index (χ4v) is 2.70. The van der Waals surface area contributed by atoms with Crippen LogP contribution in [0.2, 0.25) is 10.0 Å². The number of imidazole rings is 1. The maximum Gasteiger partial charge on any atom is 0.292 e. The summed E-state index contributed by atoms with van der Waals surface area (Å²) in [6, 6.07) is 6.81. The summed E-state index contributed by atoms with van der Waals surface area (Å²) in [7, 11) is 3.75. The van der Waals surface area contributed by atoms with E-state index in [9.17, 15) is 4.79 Å². The summed E-state index contributed by atoms with van der Waals surface area (Å²) < 4.78 is 3.16. The highest BCUT2D eigenvalue weighted by Crippen LogP contribution is 2.22. The highest BCUT2D eigenvalue weighted by atomic mass is 35.5. The molecule has 8 heteroatoms. The van der Waals surface area contributed by atoms with E-state index in [-0.39, 0.29) is 10.6 Å². The summed E-state index contributed by atoms with van der Waals surface area (Å²) in [6.07, 6.45) is 5.16. The molecule has 0 saturated carbocycles. The van der Waals surface area contributed by atoms with Gasteiger partial charge in [0.25, 0.3) is 5.56 Å². The molecule has 0 N–H and O–H groups in total. The molecule has 24 heavy (non-hydrogen) atoms. The van der Waals surface area contributed by atoms with E-state index in [1.807, 2.05) is 29.8 Å². The quantitative estimate of drug-likeness (QED) is 0.714. The molecular formula is C16H15Cl2N5O. The SMILES string of the molecule is CN(Cc1nccn1C)c1cnn(-c2ccc(Cl)cc2)c(=O)c1Cl. The summed E-state index contributed by atoms with van der Waals surface area (Å²) in [5.41, 5.74) is 0.766. The van der Waals surface area contributed by atoms with Gasteiger partial charge in [-0.25, -0.2) is 4.98 Å². The van der Waals surface area contributed by atoms with Gasteiger partial charge >= 0.3 is 0 Å². The van der Waals surface area contributed by atoms with E-state index in [0.29, 0.717) is 22.9 Å². The van der Waals surface area contributed by atoms with E-state index in [1.165, 1.54) is 4.68 Å². The van der Waals surface area contributed by atoms with Gasteiger partial charge in [0.15, 0.2) is 0 Å². The smallest absolute Gasteiger partial charge is 0.292 e. The summed E-state index contributed by atoms with van der Waals surface area (Å²) in [6.45, 7) is 0.509. The number of nitrogens with zero attached hydrogens (tertiary/aromatic N) is 5. The van der Waals surface area contributed by atoms with Gasteiger partial charge in [0, 0.05) is 31.5 Å². The monoisotopic (exact) mass is 363 g/mol. The van der Waals surface area contributed by atoms with Gasteiger partial charge < -0.3 is 9.47 Å². The standard InChI is InChI=1S/C16H15Cl2N5O/c1-21-8-7-19-14(21)10-22(2)13-9-20-23(16(24)15(13)18)12-5-3-11(17)4-6-12/h3-9H,10H2,1-2H3. The van der Waals surface area contributed by atoms with Gasteiger partial charge in [-0.1, -0.05) is 23.2 Å². The lowest BCUT2D eigenvalue weighted by Crippen LogP contribution is -2.26. The van der Waals surface area contributed by atoms with Crippen molar-refractivity contribution in [2.45, 2.75) is 6.54 Å². The first-order chi connectivity index (χ1) is 11.5. The average Bonchev–Trinajstić information content (AvgIpc) is 2.96. The molecule has 0 amide bonds. The van der Waals surface area contributed by atoms with E-state index in [2.05, 4.69) is 10.1 Å². The van der Waals surface area contributed by atoms with E-state index in [1.54, 1.807) is 36.7 Å². The molecule has 1 aromatic carbocycles. The number of hydrogen-bond acceptors (Lipinski definition) is 4. The van der Waals surface area contributed by atoms with Crippen molar-refractivity contribution < 1.29 is 0 Å². The first-order valence-electron chi connectivity index (χ1n) is 7.18. The van der Waals surface area contributed by atoms with E-state index in [0.717, 1.165) is 5.82 Å². The summed E-state index contributed by atoms with van der Waals surface area (Å²) in [5.74, 6) is 0.857. The number of halogens is 2. The van der Waals surface area contributed by atoms with Crippen LogP contribution in [0.1, 0.15) is 5.82 Å². The van der Waals surface area contributed by atoms with Gasteiger partial charge in [-0.05, 0) is 24.3 Å². The highest BCUT2D eigenvalue weighted by molar-refractivity contribution is 6.33. The summed E-state index contributed by atoms with van der Waals surface area (Å²) in [5, 5.41) is 4.91. The van der Waals surface area contributed by atoms with E-state index >= 15 is 0 Å². The van der Waals surface area contributed by atoms with Crippen molar-refractivity contribution in [1.82, 2.24) is 19.3 Å².